The molecule has 2 aromatic rings. The van der Waals surface area contributed by atoms with E-state index in [1.165, 1.54) is 12.3 Å². The lowest BCUT2D eigenvalue weighted by atomic mass is 10.0. The zero-order chi connectivity index (χ0) is 16.3. The molecule has 0 bridgehead atoms. The van der Waals surface area contributed by atoms with Gasteiger partial charge in [0.05, 0.1) is 11.1 Å². The summed E-state index contributed by atoms with van der Waals surface area (Å²) >= 11 is 0. The monoisotopic (exact) mass is 304 g/mol. The summed E-state index contributed by atoms with van der Waals surface area (Å²) in [7, 11) is 0. The van der Waals surface area contributed by atoms with Crippen molar-refractivity contribution in [2.45, 2.75) is 26.3 Å². The average Bonchev–Trinajstić information content (AvgIpc) is 2.44. The molecule has 2 N–H and O–H groups in total. The molecule has 2 rings (SSSR count). The van der Waals surface area contributed by atoms with Crippen LogP contribution in [0.4, 0.5) is 4.39 Å². The Morgan fingerprint density at radius 1 is 1.36 bits per heavy atom. The average molecular weight is 304 g/mol. The van der Waals surface area contributed by atoms with E-state index >= 15 is 0 Å². The number of nitrogens with one attached hydrogen (secondary N) is 1. The number of carboxylic acids is 1. The third-order valence-corrected chi connectivity index (χ3v) is 3.22. The molecule has 0 saturated heterocycles. The number of rotatable bonds is 5. The predicted molar refractivity (Wildman–Crippen MR) is 80.0 cm³/mol. The second-order valence-corrected chi connectivity index (χ2v) is 5.52. The van der Waals surface area contributed by atoms with Gasteiger partial charge < -0.3 is 10.4 Å². The Hall–Kier alpha value is -2.50. The second-order valence-electron chi connectivity index (χ2n) is 5.52. The second kappa shape index (κ2) is 6.51. The van der Waals surface area contributed by atoms with Crippen molar-refractivity contribution in [3.8, 4) is 0 Å². The normalized spacial score (nSPS) is 12.4. The number of aromatic nitrogens is 1. The Labute approximate surface area is 127 Å². The van der Waals surface area contributed by atoms with Crippen LogP contribution < -0.4 is 5.32 Å². The van der Waals surface area contributed by atoms with Gasteiger partial charge >= 0.3 is 5.97 Å². The SMILES string of the molecule is CC(C)C[C@@H](NC(=O)c1cc(F)cc2cccnc12)C(=O)O. The topological polar surface area (TPSA) is 79.3 Å². The van der Waals surface area contributed by atoms with Crippen molar-refractivity contribution in [3.63, 3.8) is 0 Å². The van der Waals surface area contributed by atoms with Crippen molar-refractivity contribution in [2.24, 2.45) is 5.92 Å². The summed E-state index contributed by atoms with van der Waals surface area (Å²) in [5.74, 6) is -2.22. The number of amides is 1. The summed E-state index contributed by atoms with van der Waals surface area (Å²) in [6.07, 6.45) is 1.79. The smallest absolute Gasteiger partial charge is 0.326 e. The van der Waals surface area contributed by atoms with E-state index in [1.54, 1.807) is 12.1 Å². The van der Waals surface area contributed by atoms with Crippen molar-refractivity contribution in [2.75, 3.05) is 0 Å². The zero-order valence-electron chi connectivity index (χ0n) is 12.3. The highest BCUT2D eigenvalue weighted by Crippen LogP contribution is 2.19. The Balaban J connectivity index is 2.35. The largest absolute Gasteiger partial charge is 0.480 e. The van der Waals surface area contributed by atoms with Gasteiger partial charge in [-0.1, -0.05) is 19.9 Å². The third kappa shape index (κ3) is 3.58. The molecule has 0 saturated carbocycles. The molecule has 1 heterocycles. The molecule has 6 heteroatoms. The number of nitrogens with zero attached hydrogens (tertiary/aromatic N) is 1. The Bertz CT molecular complexity index is 716. The van der Waals surface area contributed by atoms with Gasteiger partial charge in [0.2, 0.25) is 0 Å². The summed E-state index contributed by atoms with van der Waals surface area (Å²) in [5, 5.41) is 12.1. The van der Waals surface area contributed by atoms with Gasteiger partial charge in [-0.05, 0) is 30.5 Å². The lowest BCUT2D eigenvalue weighted by Crippen LogP contribution is -2.41. The fraction of sp³-hybridized carbons (Fsp3) is 0.312. The van der Waals surface area contributed by atoms with Crippen molar-refractivity contribution >= 4 is 22.8 Å². The quantitative estimate of drug-likeness (QED) is 0.890. The highest BCUT2D eigenvalue weighted by atomic mass is 19.1. The van der Waals surface area contributed by atoms with Crippen LogP contribution in [0.1, 0.15) is 30.6 Å². The number of hydrogen-bond donors (Lipinski definition) is 2. The maximum Gasteiger partial charge on any atom is 0.326 e. The summed E-state index contributed by atoms with van der Waals surface area (Å²) in [5.41, 5.74) is 0.376. The molecule has 1 amide bonds. The fourth-order valence-corrected chi connectivity index (χ4v) is 2.26. The number of carboxylic acid groups (broad SMARTS) is 1. The minimum absolute atomic E-state index is 0.0330. The van der Waals surface area contributed by atoms with E-state index in [4.69, 9.17) is 0 Å². The Morgan fingerprint density at radius 2 is 2.09 bits per heavy atom. The van der Waals surface area contributed by atoms with Gasteiger partial charge in [0.1, 0.15) is 11.9 Å². The number of fused-ring (bicyclic) bond motifs is 1. The highest BCUT2D eigenvalue weighted by molar-refractivity contribution is 6.06. The molecular formula is C16H17FN2O3. The molecule has 1 aromatic carbocycles. The lowest BCUT2D eigenvalue weighted by Gasteiger charge is -2.17. The predicted octanol–water partition coefficient (Wildman–Crippen LogP) is 2.60. The fourth-order valence-electron chi connectivity index (χ4n) is 2.26. The molecule has 1 aromatic heterocycles. The molecule has 116 valence electrons. The van der Waals surface area contributed by atoms with E-state index < -0.39 is 23.7 Å². The molecular weight excluding hydrogens is 287 g/mol. The number of carbonyl (C=O) groups is 2. The maximum atomic E-state index is 13.6. The summed E-state index contributed by atoms with van der Waals surface area (Å²) < 4.78 is 13.6. The van der Waals surface area contributed by atoms with Crippen LogP contribution in [0.5, 0.6) is 0 Å². The van der Waals surface area contributed by atoms with Crippen LogP contribution in [0.2, 0.25) is 0 Å². The van der Waals surface area contributed by atoms with Crippen LogP contribution in [0.15, 0.2) is 30.5 Å². The van der Waals surface area contributed by atoms with Crippen molar-refractivity contribution < 1.29 is 19.1 Å². The minimum atomic E-state index is -1.12. The van der Waals surface area contributed by atoms with E-state index in [2.05, 4.69) is 10.3 Å². The first kappa shape index (κ1) is 15.9. The number of carbonyl (C=O) groups excluding carboxylic acids is 1. The lowest BCUT2D eigenvalue weighted by molar-refractivity contribution is -0.139. The van der Waals surface area contributed by atoms with Crippen LogP contribution in [-0.4, -0.2) is 28.0 Å². The van der Waals surface area contributed by atoms with Gasteiger partial charge in [-0.3, -0.25) is 9.78 Å². The van der Waals surface area contributed by atoms with E-state index in [1.807, 2.05) is 13.8 Å². The van der Waals surface area contributed by atoms with Gasteiger partial charge in [0, 0.05) is 11.6 Å². The van der Waals surface area contributed by atoms with Crippen molar-refractivity contribution in [3.05, 3.63) is 41.8 Å². The van der Waals surface area contributed by atoms with Crippen LogP contribution in [0.25, 0.3) is 10.9 Å². The standard InChI is InChI=1S/C16H17FN2O3/c1-9(2)6-13(16(21)22)19-15(20)12-8-11(17)7-10-4-3-5-18-14(10)12/h3-5,7-9,13H,6H2,1-2H3,(H,19,20)(H,21,22)/t13-/m1/s1. The van der Waals surface area contributed by atoms with E-state index in [0.29, 0.717) is 17.3 Å². The van der Waals surface area contributed by atoms with E-state index in [-0.39, 0.29) is 11.5 Å². The number of benzene rings is 1. The summed E-state index contributed by atoms with van der Waals surface area (Å²) in [6, 6.07) is 4.61. The van der Waals surface area contributed by atoms with E-state index in [9.17, 15) is 19.1 Å². The molecule has 0 aliphatic heterocycles. The summed E-state index contributed by atoms with van der Waals surface area (Å²) in [6.45, 7) is 3.72. The third-order valence-electron chi connectivity index (χ3n) is 3.22. The van der Waals surface area contributed by atoms with Crippen LogP contribution in [-0.2, 0) is 4.79 Å². The first-order valence-corrected chi connectivity index (χ1v) is 6.96. The minimum Gasteiger partial charge on any atom is -0.480 e. The van der Waals surface area contributed by atoms with Crippen molar-refractivity contribution in [1.29, 1.82) is 0 Å². The molecule has 5 nitrogen and oxygen atoms in total. The van der Waals surface area contributed by atoms with Gasteiger partial charge in [-0.15, -0.1) is 0 Å². The van der Waals surface area contributed by atoms with Crippen LogP contribution in [0, 0.1) is 11.7 Å². The van der Waals surface area contributed by atoms with Crippen LogP contribution in [0.3, 0.4) is 0 Å². The van der Waals surface area contributed by atoms with Gasteiger partial charge in [-0.25, -0.2) is 9.18 Å². The molecule has 0 spiro atoms. The Morgan fingerprint density at radius 3 is 2.73 bits per heavy atom. The van der Waals surface area contributed by atoms with Gasteiger partial charge in [0.25, 0.3) is 5.91 Å². The van der Waals surface area contributed by atoms with Crippen molar-refractivity contribution in [1.82, 2.24) is 10.3 Å². The molecule has 0 fully saturated rings. The summed E-state index contributed by atoms with van der Waals surface area (Å²) in [4.78, 5) is 27.6. The first-order valence-electron chi connectivity index (χ1n) is 6.96. The highest BCUT2D eigenvalue weighted by Gasteiger charge is 2.23. The molecule has 0 radical (unpaired) electrons. The molecule has 1 atom stereocenters. The molecule has 22 heavy (non-hydrogen) atoms. The van der Waals surface area contributed by atoms with Crippen LogP contribution >= 0.6 is 0 Å². The zero-order valence-corrected chi connectivity index (χ0v) is 12.3. The number of hydrogen-bond acceptors (Lipinski definition) is 3. The molecule has 0 aliphatic carbocycles. The number of halogens is 1. The van der Waals surface area contributed by atoms with E-state index in [0.717, 1.165) is 6.07 Å². The number of pyridine rings is 1. The number of aliphatic carboxylic acids is 1. The first-order chi connectivity index (χ1) is 10.4. The van der Waals surface area contributed by atoms with Gasteiger partial charge in [-0.2, -0.15) is 0 Å². The Kier molecular flexibility index (Phi) is 4.70. The maximum absolute atomic E-state index is 13.6. The van der Waals surface area contributed by atoms with Gasteiger partial charge in [0.15, 0.2) is 0 Å². The molecule has 0 aliphatic rings. The molecule has 0 unspecified atom stereocenters.